The second-order valence-corrected chi connectivity index (χ2v) is 4.30. The van der Waals surface area contributed by atoms with E-state index in [9.17, 15) is 4.79 Å². The second-order valence-electron chi connectivity index (χ2n) is 3.47. The molecule has 0 aromatic carbocycles. The van der Waals surface area contributed by atoms with Gasteiger partial charge >= 0.3 is 0 Å². The molecule has 0 heterocycles. The summed E-state index contributed by atoms with van der Waals surface area (Å²) in [7, 11) is 0. The number of hydrogen-bond donors (Lipinski definition) is 1. The van der Waals surface area contributed by atoms with Gasteiger partial charge in [0.2, 0.25) is 5.91 Å². The zero-order valence-corrected chi connectivity index (χ0v) is 9.07. The summed E-state index contributed by atoms with van der Waals surface area (Å²) in [5.41, 5.74) is 0. The van der Waals surface area contributed by atoms with Crippen molar-refractivity contribution in [1.82, 2.24) is 5.32 Å². The van der Waals surface area contributed by atoms with E-state index < -0.39 is 5.38 Å². The second kappa shape index (κ2) is 5.71. The molecule has 1 unspecified atom stereocenters. The fourth-order valence-electron chi connectivity index (χ4n) is 1.61. The monoisotopic (exact) mass is 223 g/mol. The van der Waals surface area contributed by atoms with Gasteiger partial charge in [-0.2, -0.15) is 0 Å². The van der Waals surface area contributed by atoms with Crippen LogP contribution in [0, 0.1) is 0 Å². The Balaban J connectivity index is 2.26. The highest BCUT2D eigenvalue weighted by atomic mass is 35.5. The minimum absolute atomic E-state index is 0.122. The topological polar surface area (TPSA) is 29.1 Å². The molecule has 1 saturated carbocycles. The van der Waals surface area contributed by atoms with Crippen molar-refractivity contribution in [1.29, 1.82) is 0 Å². The molecule has 1 aliphatic carbocycles. The summed E-state index contributed by atoms with van der Waals surface area (Å²) >= 11 is 11.2. The Labute approximate surface area is 89.0 Å². The predicted octanol–water partition coefficient (Wildman–Crippen LogP) is 2.28. The lowest BCUT2D eigenvalue weighted by molar-refractivity contribution is -0.121. The molecule has 0 spiro atoms. The summed E-state index contributed by atoms with van der Waals surface area (Å²) in [5.74, 6) is 0.0590. The van der Waals surface area contributed by atoms with Gasteiger partial charge in [-0.1, -0.05) is 19.3 Å². The Hall–Kier alpha value is 0.0500. The van der Waals surface area contributed by atoms with Crippen LogP contribution in [0.2, 0.25) is 0 Å². The molecule has 2 nitrogen and oxygen atoms in total. The highest BCUT2D eigenvalue weighted by Crippen LogP contribution is 2.17. The first kappa shape index (κ1) is 11.1. The zero-order valence-electron chi connectivity index (χ0n) is 7.56. The first-order chi connectivity index (χ1) is 6.24. The van der Waals surface area contributed by atoms with E-state index in [-0.39, 0.29) is 11.8 Å². The number of halogens is 2. The number of carbonyl (C=O) groups excluding carboxylic acids is 1. The molecule has 1 aliphatic rings. The van der Waals surface area contributed by atoms with Crippen molar-refractivity contribution in [2.75, 3.05) is 5.88 Å². The van der Waals surface area contributed by atoms with Gasteiger partial charge in [0, 0.05) is 11.9 Å². The SMILES string of the molecule is O=C(NC1CCCCC1)C(Cl)CCl. The molecule has 76 valence electrons. The van der Waals surface area contributed by atoms with Gasteiger partial charge in [0.15, 0.2) is 0 Å². The number of nitrogens with one attached hydrogen (secondary N) is 1. The smallest absolute Gasteiger partial charge is 0.239 e. The van der Waals surface area contributed by atoms with E-state index in [1.807, 2.05) is 0 Å². The lowest BCUT2D eigenvalue weighted by Gasteiger charge is -2.23. The summed E-state index contributed by atoms with van der Waals surface area (Å²) in [5, 5.41) is 2.33. The molecular formula is C9H15Cl2NO. The van der Waals surface area contributed by atoms with E-state index in [1.54, 1.807) is 0 Å². The van der Waals surface area contributed by atoms with Gasteiger partial charge in [0.25, 0.3) is 0 Å². The Morgan fingerprint density at radius 2 is 2.00 bits per heavy atom. The maximum atomic E-state index is 11.3. The maximum Gasteiger partial charge on any atom is 0.239 e. The number of carbonyl (C=O) groups is 1. The Kier molecular flexibility index (Phi) is 4.89. The van der Waals surface area contributed by atoms with E-state index in [0.717, 1.165) is 12.8 Å². The Morgan fingerprint density at radius 3 is 2.54 bits per heavy atom. The molecule has 1 N–H and O–H groups in total. The normalized spacial score (nSPS) is 21.1. The first-order valence-corrected chi connectivity index (χ1v) is 5.71. The molecule has 4 heteroatoms. The van der Waals surface area contributed by atoms with Crippen LogP contribution < -0.4 is 5.32 Å². The summed E-state index contributed by atoms with van der Waals surface area (Å²) in [6, 6.07) is 0.325. The standard InChI is InChI=1S/C9H15Cl2NO/c10-6-8(11)9(13)12-7-4-2-1-3-5-7/h7-8H,1-6H2,(H,12,13). The molecule has 0 radical (unpaired) electrons. The van der Waals surface area contributed by atoms with Crippen LogP contribution in [-0.2, 0) is 4.79 Å². The number of amides is 1. The fraction of sp³-hybridized carbons (Fsp3) is 0.889. The molecule has 0 aliphatic heterocycles. The van der Waals surface area contributed by atoms with E-state index in [0.29, 0.717) is 6.04 Å². The van der Waals surface area contributed by atoms with Crippen molar-refractivity contribution in [2.24, 2.45) is 0 Å². The molecule has 0 saturated heterocycles. The fourth-order valence-corrected chi connectivity index (χ4v) is 1.81. The van der Waals surface area contributed by atoms with Crippen LogP contribution in [0.15, 0.2) is 0 Å². The number of hydrogen-bond acceptors (Lipinski definition) is 1. The predicted molar refractivity (Wildman–Crippen MR) is 55.4 cm³/mol. The molecule has 0 aromatic heterocycles. The van der Waals surface area contributed by atoms with Crippen LogP contribution in [0.5, 0.6) is 0 Å². The van der Waals surface area contributed by atoms with Gasteiger partial charge in [-0.15, -0.1) is 23.2 Å². The van der Waals surface area contributed by atoms with Crippen LogP contribution >= 0.6 is 23.2 Å². The van der Waals surface area contributed by atoms with Gasteiger partial charge in [-0.05, 0) is 12.8 Å². The summed E-state index contributed by atoms with van der Waals surface area (Å²) in [6.07, 6.45) is 5.86. The summed E-state index contributed by atoms with van der Waals surface area (Å²) in [6.45, 7) is 0. The molecular weight excluding hydrogens is 209 g/mol. The van der Waals surface area contributed by atoms with Crippen LogP contribution in [0.4, 0.5) is 0 Å². The van der Waals surface area contributed by atoms with Crippen LogP contribution in [-0.4, -0.2) is 23.2 Å². The maximum absolute atomic E-state index is 11.3. The average molecular weight is 224 g/mol. The molecule has 0 bridgehead atoms. The third kappa shape index (κ3) is 3.74. The van der Waals surface area contributed by atoms with Gasteiger partial charge in [0.05, 0.1) is 0 Å². The third-order valence-electron chi connectivity index (χ3n) is 2.37. The Bertz CT molecular complexity index is 169. The summed E-state index contributed by atoms with van der Waals surface area (Å²) < 4.78 is 0. The zero-order chi connectivity index (χ0) is 9.68. The van der Waals surface area contributed by atoms with Crippen molar-refractivity contribution < 1.29 is 4.79 Å². The minimum Gasteiger partial charge on any atom is -0.352 e. The van der Waals surface area contributed by atoms with Gasteiger partial charge in [-0.25, -0.2) is 0 Å². The van der Waals surface area contributed by atoms with Crippen molar-refractivity contribution >= 4 is 29.1 Å². The van der Waals surface area contributed by atoms with E-state index in [2.05, 4.69) is 5.32 Å². The number of alkyl halides is 2. The Morgan fingerprint density at radius 1 is 1.38 bits per heavy atom. The average Bonchev–Trinajstić information content (AvgIpc) is 2.18. The van der Waals surface area contributed by atoms with Gasteiger partial charge in [0.1, 0.15) is 5.38 Å². The summed E-state index contributed by atoms with van der Waals surface area (Å²) in [4.78, 5) is 11.3. The number of rotatable bonds is 3. The minimum atomic E-state index is -0.580. The van der Waals surface area contributed by atoms with E-state index >= 15 is 0 Å². The molecule has 1 fully saturated rings. The van der Waals surface area contributed by atoms with Crippen LogP contribution in [0.1, 0.15) is 32.1 Å². The first-order valence-electron chi connectivity index (χ1n) is 4.74. The van der Waals surface area contributed by atoms with E-state index in [4.69, 9.17) is 23.2 Å². The molecule has 1 rings (SSSR count). The van der Waals surface area contributed by atoms with Crippen molar-refractivity contribution in [3.8, 4) is 0 Å². The van der Waals surface area contributed by atoms with Gasteiger partial charge < -0.3 is 5.32 Å². The van der Waals surface area contributed by atoms with Gasteiger partial charge in [-0.3, -0.25) is 4.79 Å². The molecule has 13 heavy (non-hydrogen) atoms. The highest BCUT2D eigenvalue weighted by molar-refractivity contribution is 6.36. The molecule has 1 atom stereocenters. The quantitative estimate of drug-likeness (QED) is 0.732. The van der Waals surface area contributed by atoms with Crippen molar-refractivity contribution in [2.45, 2.75) is 43.5 Å². The highest BCUT2D eigenvalue weighted by Gasteiger charge is 2.19. The lowest BCUT2D eigenvalue weighted by atomic mass is 9.95. The lowest BCUT2D eigenvalue weighted by Crippen LogP contribution is -2.41. The van der Waals surface area contributed by atoms with Crippen molar-refractivity contribution in [3.63, 3.8) is 0 Å². The molecule has 0 aromatic rings. The van der Waals surface area contributed by atoms with E-state index in [1.165, 1.54) is 19.3 Å². The third-order valence-corrected chi connectivity index (χ3v) is 3.19. The largest absolute Gasteiger partial charge is 0.352 e. The van der Waals surface area contributed by atoms with Crippen molar-refractivity contribution in [3.05, 3.63) is 0 Å². The van der Waals surface area contributed by atoms with Crippen LogP contribution in [0.25, 0.3) is 0 Å². The molecule has 1 amide bonds. The van der Waals surface area contributed by atoms with Crippen LogP contribution in [0.3, 0.4) is 0 Å².